The van der Waals surface area contributed by atoms with Crippen molar-refractivity contribution in [3.8, 4) is 0 Å². The summed E-state index contributed by atoms with van der Waals surface area (Å²) in [6.45, 7) is 11.3. The average Bonchev–Trinajstić information content (AvgIpc) is 3.09. The lowest BCUT2D eigenvalue weighted by molar-refractivity contribution is -0.199. The van der Waals surface area contributed by atoms with E-state index in [1.807, 2.05) is 6.07 Å². The molecule has 1 aromatic carbocycles. The Labute approximate surface area is 195 Å². The highest BCUT2D eigenvalue weighted by Crippen LogP contribution is 2.65. The predicted molar refractivity (Wildman–Crippen MR) is 130 cm³/mol. The van der Waals surface area contributed by atoms with Crippen LogP contribution in [-0.4, -0.2) is 30.8 Å². The maximum atomic E-state index is 13.0. The molecule has 2 bridgehead atoms. The summed E-state index contributed by atoms with van der Waals surface area (Å²) in [4.78, 5) is 13.0. The molecule has 0 radical (unpaired) electrons. The molecule has 0 spiro atoms. The summed E-state index contributed by atoms with van der Waals surface area (Å²) in [6.07, 6.45) is 8.48. The van der Waals surface area contributed by atoms with Crippen molar-refractivity contribution in [1.29, 1.82) is 0 Å². The smallest absolute Gasteiger partial charge is 0.405 e. The quantitative estimate of drug-likeness (QED) is 0.378. The second kappa shape index (κ2) is 9.50. The molecule has 3 aliphatic carbocycles. The molecule has 32 heavy (non-hydrogen) atoms. The van der Waals surface area contributed by atoms with Gasteiger partial charge in [0, 0.05) is 18.3 Å². The van der Waals surface area contributed by atoms with E-state index < -0.39 is 0 Å². The third-order valence-electron chi connectivity index (χ3n) is 8.84. The van der Waals surface area contributed by atoms with Crippen molar-refractivity contribution < 1.29 is 14.1 Å². The maximum Gasteiger partial charge on any atom is 0.459 e. The first-order valence-electron chi connectivity index (χ1n) is 12.9. The first-order valence-corrected chi connectivity index (χ1v) is 12.9. The molecule has 1 N–H and O–H groups in total. The van der Waals surface area contributed by atoms with Crippen molar-refractivity contribution in [2.75, 3.05) is 0 Å². The molecule has 5 heteroatoms. The van der Waals surface area contributed by atoms with Gasteiger partial charge in [0.25, 0.3) is 0 Å². The van der Waals surface area contributed by atoms with Gasteiger partial charge in [0.15, 0.2) is 0 Å². The zero-order valence-corrected chi connectivity index (χ0v) is 20.7. The molecule has 0 aromatic heterocycles. The Hall–Kier alpha value is -1.33. The average molecular weight is 439 g/mol. The fourth-order valence-electron chi connectivity index (χ4n) is 6.55. The van der Waals surface area contributed by atoms with Gasteiger partial charge in [0.2, 0.25) is 5.91 Å². The van der Waals surface area contributed by atoms with Crippen LogP contribution < -0.4 is 5.32 Å². The van der Waals surface area contributed by atoms with E-state index in [1.165, 1.54) is 24.8 Å². The minimum Gasteiger partial charge on any atom is -0.405 e. The molecular weight excluding hydrogens is 397 g/mol. The summed E-state index contributed by atoms with van der Waals surface area (Å²) in [5.41, 5.74) is 1.38. The zero-order valence-electron chi connectivity index (χ0n) is 20.7. The number of nitrogens with one attached hydrogen (secondary N) is 1. The zero-order chi connectivity index (χ0) is 22.9. The van der Waals surface area contributed by atoms with Gasteiger partial charge in [-0.3, -0.25) is 4.79 Å². The second-order valence-electron chi connectivity index (χ2n) is 11.4. The third-order valence-corrected chi connectivity index (χ3v) is 8.84. The molecule has 1 aliphatic heterocycles. The molecule has 4 fully saturated rings. The summed E-state index contributed by atoms with van der Waals surface area (Å²) in [5.74, 6) is 1.51. The molecule has 4 nitrogen and oxygen atoms in total. The second-order valence-corrected chi connectivity index (χ2v) is 11.4. The number of hydrogen-bond donors (Lipinski definition) is 1. The molecule has 1 saturated heterocycles. The van der Waals surface area contributed by atoms with Crippen LogP contribution in [0, 0.1) is 23.2 Å². The lowest BCUT2D eigenvalue weighted by Gasteiger charge is -2.64. The van der Waals surface area contributed by atoms with E-state index >= 15 is 0 Å². The van der Waals surface area contributed by atoms with E-state index in [4.69, 9.17) is 9.31 Å². The fraction of sp³-hybridized carbons (Fsp3) is 0.741. The predicted octanol–water partition coefficient (Wildman–Crippen LogP) is 5.66. The number of hydrogen-bond acceptors (Lipinski definition) is 3. The number of benzene rings is 1. The number of amides is 1. The number of rotatable bonds is 10. The molecule has 5 rings (SSSR count). The monoisotopic (exact) mass is 439 g/mol. The Morgan fingerprint density at radius 3 is 2.62 bits per heavy atom. The van der Waals surface area contributed by atoms with Gasteiger partial charge in [-0.05, 0) is 55.4 Å². The van der Waals surface area contributed by atoms with E-state index in [0.29, 0.717) is 17.7 Å². The highest BCUT2D eigenvalue weighted by atomic mass is 16.7. The van der Waals surface area contributed by atoms with Crippen LogP contribution in [0.2, 0.25) is 6.32 Å². The van der Waals surface area contributed by atoms with E-state index in [9.17, 15) is 4.79 Å². The van der Waals surface area contributed by atoms with Crippen molar-refractivity contribution in [2.24, 2.45) is 23.2 Å². The van der Waals surface area contributed by atoms with Crippen LogP contribution in [0.3, 0.4) is 0 Å². The van der Waals surface area contributed by atoms with Crippen molar-refractivity contribution in [1.82, 2.24) is 5.32 Å². The van der Waals surface area contributed by atoms with Crippen molar-refractivity contribution in [3.63, 3.8) is 0 Å². The number of unbranched alkanes of at least 4 members (excludes halogenated alkanes) is 2. The van der Waals surface area contributed by atoms with Gasteiger partial charge in [-0.1, -0.05) is 77.3 Å². The van der Waals surface area contributed by atoms with Crippen LogP contribution in [0.5, 0.6) is 0 Å². The molecule has 6 atom stereocenters. The molecular formula is C27H42BNO3. The van der Waals surface area contributed by atoms with Gasteiger partial charge in [-0.2, -0.15) is 0 Å². The van der Waals surface area contributed by atoms with Crippen LogP contribution in [0.4, 0.5) is 0 Å². The molecule has 3 saturated carbocycles. The molecule has 3 unspecified atom stereocenters. The van der Waals surface area contributed by atoms with Gasteiger partial charge in [-0.15, -0.1) is 0 Å². The van der Waals surface area contributed by atoms with E-state index in [-0.39, 0.29) is 36.7 Å². The van der Waals surface area contributed by atoms with Crippen molar-refractivity contribution >= 4 is 13.0 Å². The van der Waals surface area contributed by atoms with E-state index in [1.54, 1.807) is 0 Å². The van der Waals surface area contributed by atoms with E-state index in [0.717, 1.165) is 31.6 Å². The van der Waals surface area contributed by atoms with Gasteiger partial charge >= 0.3 is 7.12 Å². The highest BCUT2D eigenvalue weighted by Gasteiger charge is 2.67. The molecule has 1 amide bonds. The summed E-state index contributed by atoms with van der Waals surface area (Å²) in [5, 5.41) is 3.35. The lowest BCUT2D eigenvalue weighted by atomic mass is 9.43. The van der Waals surface area contributed by atoms with Crippen LogP contribution in [0.25, 0.3) is 0 Å². The SMILES string of the molecule is CCCCC[C@@H](C)C(=O)N[C@@H](CB1OC2CC3CC(C3(C)C)[C@@]2(C)O1)Cc1ccccc1. The van der Waals surface area contributed by atoms with Crippen LogP contribution in [0.15, 0.2) is 30.3 Å². The Kier molecular flexibility index (Phi) is 7.07. The van der Waals surface area contributed by atoms with Crippen LogP contribution in [0.1, 0.15) is 78.7 Å². The Morgan fingerprint density at radius 2 is 1.94 bits per heavy atom. The third kappa shape index (κ3) is 4.66. The number of carbonyl (C=O) groups excluding carboxylic acids is 1. The first-order chi connectivity index (χ1) is 15.2. The summed E-state index contributed by atoms with van der Waals surface area (Å²) < 4.78 is 13.1. The van der Waals surface area contributed by atoms with Gasteiger partial charge in [0.05, 0.1) is 11.7 Å². The van der Waals surface area contributed by atoms with Crippen LogP contribution >= 0.6 is 0 Å². The van der Waals surface area contributed by atoms with Gasteiger partial charge < -0.3 is 14.6 Å². The Bertz CT molecular complexity index is 784. The lowest BCUT2D eigenvalue weighted by Crippen LogP contribution is -2.65. The van der Waals surface area contributed by atoms with Gasteiger partial charge in [0.1, 0.15) is 0 Å². The number of carbonyl (C=O) groups is 1. The Balaban J connectivity index is 1.41. The van der Waals surface area contributed by atoms with Crippen molar-refractivity contribution in [3.05, 3.63) is 35.9 Å². The molecule has 4 aliphatic rings. The van der Waals surface area contributed by atoms with E-state index in [2.05, 4.69) is 64.2 Å². The standard InChI is InChI=1S/C27H42BNO3/c1-6-7-9-12-19(2)25(30)29-22(15-20-13-10-8-11-14-20)18-28-31-24-17-21-16-23(26(21,3)4)27(24,5)32-28/h8,10-11,13-14,19,21-24H,6-7,9,12,15-18H2,1-5H3,(H,29,30)/t19-,21?,22-,23?,24?,27-/m1/s1. The topological polar surface area (TPSA) is 47.6 Å². The molecule has 1 heterocycles. The van der Waals surface area contributed by atoms with Gasteiger partial charge in [-0.25, -0.2) is 0 Å². The fourth-order valence-corrected chi connectivity index (χ4v) is 6.55. The molecule has 1 aromatic rings. The maximum absolute atomic E-state index is 13.0. The summed E-state index contributed by atoms with van der Waals surface area (Å²) >= 11 is 0. The minimum absolute atomic E-state index is 0.00953. The largest absolute Gasteiger partial charge is 0.459 e. The Morgan fingerprint density at radius 1 is 1.19 bits per heavy atom. The minimum atomic E-state index is -0.246. The highest BCUT2D eigenvalue weighted by molar-refractivity contribution is 6.45. The molecule has 176 valence electrons. The normalized spacial score (nSPS) is 32.0. The van der Waals surface area contributed by atoms with Crippen LogP contribution in [-0.2, 0) is 20.5 Å². The van der Waals surface area contributed by atoms with Crippen molar-refractivity contribution in [2.45, 2.75) is 104 Å². The summed E-state index contributed by atoms with van der Waals surface area (Å²) in [6, 6.07) is 10.5. The summed E-state index contributed by atoms with van der Waals surface area (Å²) in [7, 11) is -0.246. The first kappa shape index (κ1) is 23.8.